The maximum atomic E-state index is 12.8. The van der Waals surface area contributed by atoms with Crippen LogP contribution < -0.4 is 4.72 Å². The average Bonchev–Trinajstić information content (AvgIpc) is 2.49. The smallest absolute Gasteiger partial charge is 0.280 e. The van der Waals surface area contributed by atoms with Gasteiger partial charge in [-0.15, -0.1) is 0 Å². The van der Waals surface area contributed by atoms with Crippen LogP contribution in [0, 0.1) is 11.8 Å². The molecule has 0 bridgehead atoms. The third-order valence-electron chi connectivity index (χ3n) is 4.27. The summed E-state index contributed by atoms with van der Waals surface area (Å²) in [6.07, 6.45) is -0.968. The Morgan fingerprint density at radius 1 is 1.00 bits per heavy atom. The normalized spacial score (nSPS) is 15.8. The summed E-state index contributed by atoms with van der Waals surface area (Å²) in [6, 6.07) is 9.16. The van der Waals surface area contributed by atoms with Crippen LogP contribution in [0.25, 0.3) is 0 Å². The van der Waals surface area contributed by atoms with Crippen molar-refractivity contribution in [1.29, 1.82) is 0 Å². The highest BCUT2D eigenvalue weighted by atomic mass is 32.2. The van der Waals surface area contributed by atoms with Crippen LogP contribution in [0.5, 0.6) is 0 Å². The summed E-state index contributed by atoms with van der Waals surface area (Å²) in [5, 5.41) is 0. The number of benzene rings is 1. The van der Waals surface area contributed by atoms with Gasteiger partial charge in [0.15, 0.2) is 0 Å². The molecule has 1 aromatic carbocycles. The van der Waals surface area contributed by atoms with Gasteiger partial charge in [0.25, 0.3) is 0 Å². The van der Waals surface area contributed by atoms with E-state index in [-0.39, 0.29) is 17.9 Å². The lowest BCUT2D eigenvalue weighted by atomic mass is 10.00. The first kappa shape index (κ1) is 21.9. The number of halogens is 3. The van der Waals surface area contributed by atoms with Crippen molar-refractivity contribution in [2.75, 3.05) is 0 Å². The first-order valence-corrected chi connectivity index (χ1v) is 9.73. The summed E-state index contributed by atoms with van der Waals surface area (Å²) in [6.45, 7) is 9.56. The summed E-state index contributed by atoms with van der Waals surface area (Å²) in [5.41, 5.74) is -4.42. The molecule has 0 saturated carbocycles. The fourth-order valence-corrected chi connectivity index (χ4v) is 3.34. The number of hydrogen-bond donors (Lipinski definition) is 1. The highest BCUT2D eigenvalue weighted by Gasteiger charge is 2.48. The molecule has 1 rings (SSSR count). The zero-order chi connectivity index (χ0) is 19.4. The highest BCUT2D eigenvalue weighted by molar-refractivity contribution is 7.90. The van der Waals surface area contributed by atoms with Gasteiger partial charge >= 0.3 is 15.5 Å². The van der Waals surface area contributed by atoms with Crippen molar-refractivity contribution < 1.29 is 21.6 Å². The Hall–Kier alpha value is -1.12. The minimum absolute atomic E-state index is 0.122. The molecule has 144 valence electrons. The maximum Gasteiger partial charge on any atom is 0.511 e. The summed E-state index contributed by atoms with van der Waals surface area (Å²) in [5.74, 6) is -0.206. The fourth-order valence-electron chi connectivity index (χ4n) is 2.49. The van der Waals surface area contributed by atoms with Gasteiger partial charge in [0, 0.05) is 12.6 Å². The lowest BCUT2D eigenvalue weighted by Gasteiger charge is -2.40. The van der Waals surface area contributed by atoms with E-state index >= 15 is 0 Å². The van der Waals surface area contributed by atoms with E-state index in [1.54, 1.807) is 18.7 Å². The van der Waals surface area contributed by atoms with Crippen molar-refractivity contribution in [2.45, 2.75) is 58.9 Å². The lowest BCUT2D eigenvalue weighted by Crippen LogP contribution is -2.57. The Bertz CT molecular complexity index is 631. The topological polar surface area (TPSA) is 49.4 Å². The SMILES string of the molecule is CC(C)[C@@H](C)N(Cc1ccccc1)[C@H](NS(=O)(=O)C(F)(F)F)C(C)C. The number of sulfonamides is 1. The monoisotopic (exact) mass is 380 g/mol. The van der Waals surface area contributed by atoms with Gasteiger partial charge in [0.1, 0.15) is 0 Å². The molecular formula is C17H27F3N2O2S. The van der Waals surface area contributed by atoms with E-state index in [1.165, 1.54) is 0 Å². The van der Waals surface area contributed by atoms with Crippen LogP contribution in [0.3, 0.4) is 0 Å². The van der Waals surface area contributed by atoms with E-state index in [9.17, 15) is 21.6 Å². The molecule has 1 N–H and O–H groups in total. The molecule has 0 heterocycles. The van der Waals surface area contributed by atoms with Crippen LogP contribution in [0.1, 0.15) is 40.2 Å². The van der Waals surface area contributed by atoms with Gasteiger partial charge in [-0.2, -0.15) is 17.9 Å². The van der Waals surface area contributed by atoms with Crippen LogP contribution in [0.4, 0.5) is 13.2 Å². The molecule has 0 fully saturated rings. The molecule has 0 aliphatic carbocycles. The van der Waals surface area contributed by atoms with E-state index in [0.717, 1.165) is 5.56 Å². The van der Waals surface area contributed by atoms with Crippen LogP contribution in [0.15, 0.2) is 30.3 Å². The van der Waals surface area contributed by atoms with Crippen LogP contribution in [-0.2, 0) is 16.6 Å². The standard InChI is InChI=1S/C17H27F3N2O2S/c1-12(2)14(5)22(11-15-9-7-6-8-10-15)16(13(3)4)21-25(23,24)17(18,19)20/h6-10,12-14,16,21H,11H2,1-5H3/t14-,16+/m1/s1. The number of rotatable bonds is 8. The summed E-state index contributed by atoms with van der Waals surface area (Å²) >= 11 is 0. The van der Waals surface area contributed by atoms with Gasteiger partial charge in [-0.25, -0.2) is 8.42 Å². The second-order valence-electron chi connectivity index (χ2n) is 6.90. The second kappa shape index (κ2) is 8.51. The van der Waals surface area contributed by atoms with Crippen LogP contribution >= 0.6 is 0 Å². The lowest BCUT2D eigenvalue weighted by molar-refractivity contribution is -0.0470. The van der Waals surface area contributed by atoms with Crippen molar-refractivity contribution in [3.63, 3.8) is 0 Å². The predicted octanol–water partition coefficient (Wildman–Crippen LogP) is 3.95. The third kappa shape index (κ3) is 5.97. The minimum Gasteiger partial charge on any atom is -0.280 e. The second-order valence-corrected chi connectivity index (χ2v) is 8.60. The summed E-state index contributed by atoms with van der Waals surface area (Å²) < 4.78 is 63.7. The van der Waals surface area contributed by atoms with Crippen molar-refractivity contribution in [3.05, 3.63) is 35.9 Å². The average molecular weight is 380 g/mol. The Kier molecular flexibility index (Phi) is 7.46. The fraction of sp³-hybridized carbons (Fsp3) is 0.647. The molecule has 0 amide bonds. The zero-order valence-corrected chi connectivity index (χ0v) is 16.0. The molecule has 0 saturated heterocycles. The molecule has 8 heteroatoms. The molecule has 0 radical (unpaired) electrons. The molecule has 4 nitrogen and oxygen atoms in total. The third-order valence-corrected chi connectivity index (χ3v) is 5.43. The van der Waals surface area contributed by atoms with E-state index in [4.69, 9.17) is 0 Å². The summed E-state index contributed by atoms with van der Waals surface area (Å²) in [4.78, 5) is 1.79. The van der Waals surface area contributed by atoms with E-state index in [0.29, 0.717) is 6.54 Å². The number of nitrogens with zero attached hydrogens (tertiary/aromatic N) is 1. The van der Waals surface area contributed by atoms with Crippen molar-refractivity contribution >= 4 is 10.0 Å². The Balaban J connectivity index is 3.22. The molecular weight excluding hydrogens is 353 g/mol. The van der Waals surface area contributed by atoms with Crippen LogP contribution in [0.2, 0.25) is 0 Å². The van der Waals surface area contributed by atoms with Gasteiger partial charge in [0.2, 0.25) is 0 Å². The van der Waals surface area contributed by atoms with Crippen molar-refractivity contribution in [2.24, 2.45) is 11.8 Å². The van der Waals surface area contributed by atoms with E-state index in [1.807, 2.05) is 55.8 Å². The molecule has 25 heavy (non-hydrogen) atoms. The first-order chi connectivity index (χ1) is 11.4. The molecule has 0 aromatic heterocycles. The zero-order valence-electron chi connectivity index (χ0n) is 15.2. The summed E-state index contributed by atoms with van der Waals surface area (Å²) in [7, 11) is -5.43. The molecule has 0 aliphatic heterocycles. The number of nitrogens with one attached hydrogen (secondary N) is 1. The largest absolute Gasteiger partial charge is 0.511 e. The minimum atomic E-state index is -5.43. The van der Waals surface area contributed by atoms with Gasteiger partial charge < -0.3 is 0 Å². The van der Waals surface area contributed by atoms with Gasteiger partial charge in [0.05, 0.1) is 6.17 Å². The molecule has 0 aliphatic rings. The molecule has 2 atom stereocenters. The molecule has 0 spiro atoms. The van der Waals surface area contributed by atoms with E-state index < -0.39 is 21.7 Å². The van der Waals surface area contributed by atoms with Crippen LogP contribution in [-0.4, -0.2) is 31.0 Å². The number of alkyl halides is 3. The predicted molar refractivity (Wildman–Crippen MR) is 93.0 cm³/mol. The number of hydrogen-bond acceptors (Lipinski definition) is 3. The highest BCUT2D eigenvalue weighted by Crippen LogP contribution is 2.26. The van der Waals surface area contributed by atoms with Crippen molar-refractivity contribution in [1.82, 2.24) is 9.62 Å². The first-order valence-electron chi connectivity index (χ1n) is 8.25. The Morgan fingerprint density at radius 3 is 1.92 bits per heavy atom. The quantitative estimate of drug-likeness (QED) is 0.695. The maximum absolute atomic E-state index is 12.8. The van der Waals surface area contributed by atoms with Gasteiger partial charge in [-0.1, -0.05) is 58.0 Å². The van der Waals surface area contributed by atoms with Gasteiger partial charge in [-0.05, 0) is 24.3 Å². The van der Waals surface area contributed by atoms with E-state index in [2.05, 4.69) is 0 Å². The van der Waals surface area contributed by atoms with Crippen molar-refractivity contribution in [3.8, 4) is 0 Å². The molecule has 1 aromatic rings. The Morgan fingerprint density at radius 2 is 1.52 bits per heavy atom. The van der Waals surface area contributed by atoms with Gasteiger partial charge in [-0.3, -0.25) is 4.90 Å². The Labute approximate surface area is 148 Å². The molecule has 0 unspecified atom stereocenters.